The fraction of sp³-hybridized carbons (Fsp3) is 0.250. The third-order valence-electron chi connectivity index (χ3n) is 6.22. The van der Waals surface area contributed by atoms with E-state index in [0.29, 0.717) is 0 Å². The first-order chi connectivity index (χ1) is 16.4. The minimum Gasteiger partial charge on any atom is -0.475 e. The second kappa shape index (κ2) is 8.62. The molecule has 2 aliphatic rings. The van der Waals surface area contributed by atoms with E-state index in [0.717, 1.165) is 34.4 Å². The summed E-state index contributed by atoms with van der Waals surface area (Å²) in [5, 5.41) is 8.52. The quantitative estimate of drug-likeness (QED) is 0.593. The van der Waals surface area contributed by atoms with Crippen LogP contribution in [0.3, 0.4) is 0 Å². The SMILES string of the molecule is O=C(O)c1ccc(S(=O)(=O)N2CCN(C(=O)OCC3c4ccccc4-c4ccccc43)CC2)o1. The molecule has 0 saturated carbocycles. The van der Waals surface area contributed by atoms with Crippen LogP contribution in [0.15, 0.2) is 70.2 Å². The van der Waals surface area contributed by atoms with Gasteiger partial charge in [-0.15, -0.1) is 0 Å². The largest absolute Gasteiger partial charge is 0.475 e. The van der Waals surface area contributed by atoms with Crippen LogP contribution in [0.4, 0.5) is 4.79 Å². The summed E-state index contributed by atoms with van der Waals surface area (Å²) in [7, 11) is -3.99. The fourth-order valence-corrected chi connectivity index (χ4v) is 5.83. The second-order valence-corrected chi connectivity index (χ2v) is 9.99. The van der Waals surface area contributed by atoms with Crippen molar-refractivity contribution in [3.63, 3.8) is 0 Å². The zero-order chi connectivity index (χ0) is 23.9. The van der Waals surface area contributed by atoms with Crippen LogP contribution < -0.4 is 0 Å². The van der Waals surface area contributed by atoms with E-state index < -0.39 is 32.9 Å². The van der Waals surface area contributed by atoms with Gasteiger partial charge in [-0.3, -0.25) is 0 Å². The number of rotatable bonds is 5. The van der Waals surface area contributed by atoms with Crippen LogP contribution in [0.5, 0.6) is 0 Å². The fourth-order valence-electron chi connectivity index (χ4n) is 4.50. The van der Waals surface area contributed by atoms with Crippen LogP contribution in [-0.2, 0) is 14.8 Å². The maximum Gasteiger partial charge on any atom is 0.409 e. The number of fused-ring (bicyclic) bond motifs is 3. The topological polar surface area (TPSA) is 117 Å². The second-order valence-electron chi connectivity index (χ2n) is 8.12. The molecule has 1 fully saturated rings. The van der Waals surface area contributed by atoms with E-state index in [9.17, 15) is 18.0 Å². The Labute approximate surface area is 196 Å². The van der Waals surface area contributed by atoms with Crippen LogP contribution in [0, 0.1) is 0 Å². The van der Waals surface area contributed by atoms with Crippen LogP contribution >= 0.6 is 0 Å². The summed E-state index contributed by atoms with van der Waals surface area (Å²) in [5.41, 5.74) is 4.52. The van der Waals surface area contributed by atoms with Gasteiger partial charge in [0.2, 0.25) is 10.9 Å². The minimum absolute atomic E-state index is 0.0512. The Morgan fingerprint density at radius 2 is 1.50 bits per heavy atom. The van der Waals surface area contributed by atoms with Crippen molar-refractivity contribution in [3.8, 4) is 11.1 Å². The number of carboxylic acids is 1. The number of hydrogen-bond acceptors (Lipinski definition) is 6. The molecule has 1 amide bonds. The van der Waals surface area contributed by atoms with E-state index in [1.165, 1.54) is 9.21 Å². The summed E-state index contributed by atoms with van der Waals surface area (Å²) >= 11 is 0. The van der Waals surface area contributed by atoms with E-state index in [-0.39, 0.29) is 38.7 Å². The molecule has 1 aliphatic carbocycles. The first-order valence-electron chi connectivity index (χ1n) is 10.8. The van der Waals surface area contributed by atoms with Crippen molar-refractivity contribution in [3.05, 3.63) is 77.6 Å². The number of carboxylic acid groups (broad SMARTS) is 1. The van der Waals surface area contributed by atoms with Crippen molar-refractivity contribution in [1.29, 1.82) is 0 Å². The average molecular weight is 483 g/mol. The number of sulfonamides is 1. The normalized spacial score (nSPS) is 16.2. The molecule has 1 aliphatic heterocycles. The Morgan fingerprint density at radius 1 is 0.912 bits per heavy atom. The molecule has 5 rings (SSSR count). The van der Waals surface area contributed by atoms with Gasteiger partial charge >= 0.3 is 12.1 Å². The van der Waals surface area contributed by atoms with Gasteiger partial charge in [0.15, 0.2) is 0 Å². The molecule has 9 nitrogen and oxygen atoms in total. The third kappa shape index (κ3) is 3.84. The van der Waals surface area contributed by atoms with E-state index in [1.807, 2.05) is 36.4 Å². The molecule has 2 heterocycles. The van der Waals surface area contributed by atoms with Crippen LogP contribution in [0.25, 0.3) is 11.1 Å². The number of aromatic carboxylic acids is 1. The molecule has 0 bridgehead atoms. The summed E-state index contributed by atoms with van der Waals surface area (Å²) in [4.78, 5) is 25.2. The number of carbonyl (C=O) groups is 2. The van der Waals surface area contributed by atoms with Crippen molar-refractivity contribution in [2.45, 2.75) is 11.0 Å². The summed E-state index contributed by atoms with van der Waals surface area (Å²) in [6.07, 6.45) is -0.495. The zero-order valence-corrected chi connectivity index (χ0v) is 18.9. The standard InChI is InChI=1S/C24H22N2O7S/c27-23(28)21-9-10-22(33-21)34(30,31)26-13-11-25(12-14-26)24(29)32-15-20-18-7-3-1-5-16(18)17-6-2-4-8-19(17)20/h1-10,20H,11-15H2,(H,27,28). The van der Waals surface area contributed by atoms with Crippen molar-refractivity contribution in [1.82, 2.24) is 9.21 Å². The van der Waals surface area contributed by atoms with E-state index in [2.05, 4.69) is 12.1 Å². The molecule has 2 aromatic carbocycles. The molecular formula is C24H22N2O7S. The van der Waals surface area contributed by atoms with E-state index in [4.69, 9.17) is 14.3 Å². The Bertz CT molecular complexity index is 1310. The number of hydrogen-bond donors (Lipinski definition) is 1. The lowest BCUT2D eigenvalue weighted by molar-refractivity contribution is 0.0655. The maximum atomic E-state index is 12.7. The van der Waals surface area contributed by atoms with Gasteiger partial charge in [-0.25, -0.2) is 18.0 Å². The molecule has 0 radical (unpaired) electrons. The van der Waals surface area contributed by atoms with Gasteiger partial charge in [0.05, 0.1) is 0 Å². The molecular weight excluding hydrogens is 460 g/mol. The lowest BCUT2D eigenvalue weighted by atomic mass is 9.98. The van der Waals surface area contributed by atoms with Gasteiger partial charge in [0.25, 0.3) is 10.0 Å². The molecule has 0 unspecified atom stereocenters. The van der Waals surface area contributed by atoms with Gasteiger partial charge < -0.3 is 19.2 Å². The summed E-state index contributed by atoms with van der Waals surface area (Å²) < 4.78 is 37.3. The van der Waals surface area contributed by atoms with E-state index in [1.54, 1.807) is 0 Å². The number of nitrogens with zero attached hydrogens (tertiary/aromatic N) is 2. The number of amides is 1. The van der Waals surface area contributed by atoms with Crippen molar-refractivity contribution in [2.75, 3.05) is 32.8 Å². The summed E-state index contributed by atoms with van der Waals surface area (Å²) in [6, 6.07) is 18.4. The molecule has 1 N–H and O–H groups in total. The van der Waals surface area contributed by atoms with Crippen molar-refractivity contribution in [2.24, 2.45) is 0 Å². The predicted octanol–water partition coefficient (Wildman–Crippen LogP) is 3.23. The Balaban J connectivity index is 1.21. The van der Waals surface area contributed by atoms with Crippen molar-refractivity contribution < 1.29 is 32.3 Å². The number of carbonyl (C=O) groups excluding carboxylic acids is 1. The van der Waals surface area contributed by atoms with Gasteiger partial charge in [-0.2, -0.15) is 4.31 Å². The van der Waals surface area contributed by atoms with Gasteiger partial charge in [0, 0.05) is 32.1 Å². The Hall–Kier alpha value is -3.63. The number of benzene rings is 2. The van der Waals surface area contributed by atoms with Crippen LogP contribution in [-0.4, -0.2) is 67.6 Å². The van der Waals surface area contributed by atoms with Gasteiger partial charge in [0.1, 0.15) is 6.61 Å². The maximum absolute atomic E-state index is 12.7. The first kappa shape index (κ1) is 22.2. The number of piperazine rings is 1. The monoisotopic (exact) mass is 482 g/mol. The van der Waals surface area contributed by atoms with Crippen LogP contribution in [0.2, 0.25) is 0 Å². The molecule has 10 heteroatoms. The lowest BCUT2D eigenvalue weighted by Gasteiger charge is -2.33. The lowest BCUT2D eigenvalue weighted by Crippen LogP contribution is -2.50. The minimum atomic E-state index is -3.99. The highest BCUT2D eigenvalue weighted by Crippen LogP contribution is 2.44. The smallest absolute Gasteiger partial charge is 0.409 e. The predicted molar refractivity (Wildman–Crippen MR) is 121 cm³/mol. The number of furan rings is 1. The molecule has 3 aromatic rings. The zero-order valence-electron chi connectivity index (χ0n) is 18.1. The number of ether oxygens (including phenoxy) is 1. The summed E-state index contributed by atoms with van der Waals surface area (Å²) in [5.74, 6) is -1.85. The molecule has 0 spiro atoms. The summed E-state index contributed by atoms with van der Waals surface area (Å²) in [6.45, 7) is 0.603. The molecule has 1 aromatic heterocycles. The highest BCUT2D eigenvalue weighted by Gasteiger charge is 2.34. The third-order valence-corrected chi connectivity index (χ3v) is 7.99. The van der Waals surface area contributed by atoms with Gasteiger partial charge in [-0.1, -0.05) is 48.5 Å². The highest BCUT2D eigenvalue weighted by atomic mass is 32.2. The molecule has 34 heavy (non-hydrogen) atoms. The Morgan fingerprint density at radius 3 is 2.06 bits per heavy atom. The first-order valence-corrected chi connectivity index (χ1v) is 12.2. The molecule has 1 saturated heterocycles. The van der Waals surface area contributed by atoms with Crippen molar-refractivity contribution >= 4 is 22.1 Å². The van der Waals surface area contributed by atoms with Crippen LogP contribution in [0.1, 0.15) is 27.6 Å². The van der Waals surface area contributed by atoms with E-state index >= 15 is 0 Å². The Kier molecular flexibility index (Phi) is 5.62. The molecule has 176 valence electrons. The highest BCUT2D eigenvalue weighted by molar-refractivity contribution is 7.89. The average Bonchev–Trinajstić information content (AvgIpc) is 3.47. The van der Waals surface area contributed by atoms with Gasteiger partial charge in [-0.05, 0) is 34.4 Å². The molecule has 0 atom stereocenters.